The van der Waals surface area contributed by atoms with Gasteiger partial charge in [-0.15, -0.1) is 0 Å². The predicted molar refractivity (Wildman–Crippen MR) is 66.8 cm³/mol. The second kappa shape index (κ2) is 5.97. The molecule has 6 heteroatoms. The van der Waals surface area contributed by atoms with E-state index in [-0.39, 0.29) is 5.91 Å². The number of amides is 1. The Labute approximate surface area is 107 Å². The maximum Gasteiger partial charge on any atom is 0.223 e. The van der Waals surface area contributed by atoms with Crippen molar-refractivity contribution in [3.63, 3.8) is 0 Å². The smallest absolute Gasteiger partial charge is 0.223 e. The highest BCUT2D eigenvalue weighted by atomic mass is 16.5. The molecular weight excluding hydrogens is 232 g/mol. The van der Waals surface area contributed by atoms with Crippen molar-refractivity contribution in [3.8, 4) is 0 Å². The number of carbonyl (C=O) groups is 1. The first-order chi connectivity index (χ1) is 8.69. The first kappa shape index (κ1) is 13.0. The Morgan fingerprint density at radius 1 is 1.44 bits per heavy atom. The molecule has 1 aromatic heterocycles. The van der Waals surface area contributed by atoms with Crippen molar-refractivity contribution in [3.05, 3.63) is 17.5 Å². The largest absolute Gasteiger partial charge is 0.360 e. The average Bonchev–Trinajstić information content (AvgIpc) is 2.76. The molecule has 1 aromatic rings. The van der Waals surface area contributed by atoms with E-state index in [4.69, 9.17) is 10.3 Å². The SMILES string of the molecule is Cc1cc(CN2CCN(C(=O)CCN)CC2)on1. The average molecular weight is 252 g/mol. The lowest BCUT2D eigenvalue weighted by Gasteiger charge is -2.34. The molecule has 0 bridgehead atoms. The van der Waals surface area contributed by atoms with Crippen LogP contribution in [0.3, 0.4) is 0 Å². The van der Waals surface area contributed by atoms with Crippen LogP contribution < -0.4 is 5.73 Å². The molecule has 0 atom stereocenters. The molecule has 1 aliphatic rings. The van der Waals surface area contributed by atoms with Crippen LogP contribution in [-0.2, 0) is 11.3 Å². The molecule has 0 unspecified atom stereocenters. The van der Waals surface area contributed by atoms with Gasteiger partial charge in [0.05, 0.1) is 12.2 Å². The van der Waals surface area contributed by atoms with Gasteiger partial charge in [-0.05, 0) is 6.92 Å². The molecule has 2 heterocycles. The topological polar surface area (TPSA) is 75.6 Å². The zero-order chi connectivity index (χ0) is 13.0. The van der Waals surface area contributed by atoms with Gasteiger partial charge in [0.25, 0.3) is 0 Å². The summed E-state index contributed by atoms with van der Waals surface area (Å²) in [6.07, 6.45) is 0.446. The first-order valence-corrected chi connectivity index (χ1v) is 6.31. The van der Waals surface area contributed by atoms with Crippen LogP contribution in [-0.4, -0.2) is 53.6 Å². The number of nitrogens with zero attached hydrogens (tertiary/aromatic N) is 3. The Bertz CT molecular complexity index is 397. The molecule has 1 aliphatic heterocycles. The summed E-state index contributed by atoms with van der Waals surface area (Å²) >= 11 is 0. The number of nitrogens with two attached hydrogens (primary N) is 1. The normalized spacial score (nSPS) is 17.1. The molecule has 0 aromatic carbocycles. The number of hydrogen-bond donors (Lipinski definition) is 1. The highest BCUT2D eigenvalue weighted by molar-refractivity contribution is 5.76. The molecule has 1 fully saturated rings. The molecule has 0 radical (unpaired) electrons. The standard InChI is InChI=1S/C12H20N4O2/c1-10-8-11(18-14-10)9-15-4-6-16(7-5-15)12(17)2-3-13/h8H,2-7,9,13H2,1H3. The molecule has 18 heavy (non-hydrogen) atoms. The van der Waals surface area contributed by atoms with Crippen LogP contribution >= 0.6 is 0 Å². The molecule has 0 aliphatic carbocycles. The second-order valence-electron chi connectivity index (χ2n) is 4.63. The fourth-order valence-electron chi connectivity index (χ4n) is 2.15. The van der Waals surface area contributed by atoms with Crippen molar-refractivity contribution in [2.75, 3.05) is 32.7 Å². The molecule has 2 N–H and O–H groups in total. The van der Waals surface area contributed by atoms with E-state index in [1.54, 1.807) is 0 Å². The van der Waals surface area contributed by atoms with E-state index in [0.29, 0.717) is 13.0 Å². The first-order valence-electron chi connectivity index (χ1n) is 6.31. The zero-order valence-electron chi connectivity index (χ0n) is 10.8. The molecule has 0 saturated carbocycles. The number of piperazine rings is 1. The minimum absolute atomic E-state index is 0.160. The Morgan fingerprint density at radius 2 is 2.17 bits per heavy atom. The minimum Gasteiger partial charge on any atom is -0.360 e. The van der Waals surface area contributed by atoms with Gasteiger partial charge in [-0.1, -0.05) is 5.16 Å². The van der Waals surface area contributed by atoms with Gasteiger partial charge in [0.2, 0.25) is 5.91 Å². The van der Waals surface area contributed by atoms with E-state index in [1.807, 2.05) is 17.9 Å². The van der Waals surface area contributed by atoms with Gasteiger partial charge in [0.1, 0.15) is 0 Å². The van der Waals surface area contributed by atoms with Gasteiger partial charge < -0.3 is 15.2 Å². The summed E-state index contributed by atoms with van der Waals surface area (Å²) in [5, 5.41) is 3.87. The van der Waals surface area contributed by atoms with E-state index in [0.717, 1.165) is 44.2 Å². The van der Waals surface area contributed by atoms with Crippen molar-refractivity contribution in [2.45, 2.75) is 19.9 Å². The van der Waals surface area contributed by atoms with E-state index < -0.39 is 0 Å². The molecule has 1 saturated heterocycles. The van der Waals surface area contributed by atoms with Crippen molar-refractivity contribution in [1.82, 2.24) is 15.0 Å². The van der Waals surface area contributed by atoms with Gasteiger partial charge in [-0.25, -0.2) is 0 Å². The van der Waals surface area contributed by atoms with Gasteiger partial charge >= 0.3 is 0 Å². The molecule has 1 amide bonds. The molecular formula is C12H20N4O2. The third-order valence-corrected chi connectivity index (χ3v) is 3.14. The summed E-state index contributed by atoms with van der Waals surface area (Å²) in [7, 11) is 0. The van der Waals surface area contributed by atoms with Crippen LogP contribution in [0, 0.1) is 6.92 Å². The summed E-state index contributed by atoms with van der Waals surface area (Å²) in [5.41, 5.74) is 6.30. The summed E-state index contributed by atoms with van der Waals surface area (Å²) in [6, 6.07) is 1.95. The van der Waals surface area contributed by atoms with E-state index in [9.17, 15) is 4.79 Å². The summed E-state index contributed by atoms with van der Waals surface area (Å²) < 4.78 is 5.19. The Kier molecular flexibility index (Phi) is 4.33. The highest BCUT2D eigenvalue weighted by Gasteiger charge is 2.21. The van der Waals surface area contributed by atoms with Crippen LogP contribution in [0.2, 0.25) is 0 Å². The number of aromatic nitrogens is 1. The molecule has 0 spiro atoms. The van der Waals surface area contributed by atoms with Gasteiger partial charge in [0, 0.05) is 45.2 Å². The highest BCUT2D eigenvalue weighted by Crippen LogP contribution is 2.10. The number of rotatable bonds is 4. The van der Waals surface area contributed by atoms with Gasteiger partial charge in [0.15, 0.2) is 5.76 Å². The van der Waals surface area contributed by atoms with Gasteiger partial charge in [-0.2, -0.15) is 0 Å². The summed E-state index contributed by atoms with van der Waals surface area (Å²) in [6.45, 7) is 6.39. The lowest BCUT2D eigenvalue weighted by Crippen LogP contribution is -2.48. The second-order valence-corrected chi connectivity index (χ2v) is 4.63. The lowest BCUT2D eigenvalue weighted by atomic mass is 10.2. The summed E-state index contributed by atoms with van der Waals surface area (Å²) in [5.74, 6) is 1.04. The predicted octanol–water partition coefficient (Wildman–Crippen LogP) is -0.0240. The quantitative estimate of drug-likeness (QED) is 0.815. The van der Waals surface area contributed by atoms with Crippen molar-refractivity contribution in [2.24, 2.45) is 5.73 Å². The van der Waals surface area contributed by atoms with Crippen molar-refractivity contribution >= 4 is 5.91 Å². The van der Waals surface area contributed by atoms with Crippen LogP contribution in [0.1, 0.15) is 17.9 Å². The Balaban J connectivity index is 1.78. The maximum absolute atomic E-state index is 11.7. The number of hydrogen-bond acceptors (Lipinski definition) is 5. The fourth-order valence-corrected chi connectivity index (χ4v) is 2.15. The minimum atomic E-state index is 0.160. The fraction of sp³-hybridized carbons (Fsp3) is 0.667. The van der Waals surface area contributed by atoms with Crippen molar-refractivity contribution < 1.29 is 9.32 Å². The molecule has 6 nitrogen and oxygen atoms in total. The Morgan fingerprint density at radius 3 is 2.72 bits per heavy atom. The third kappa shape index (κ3) is 3.30. The van der Waals surface area contributed by atoms with Crippen molar-refractivity contribution in [1.29, 1.82) is 0 Å². The maximum atomic E-state index is 11.7. The van der Waals surface area contributed by atoms with Crippen LogP contribution in [0.4, 0.5) is 0 Å². The monoisotopic (exact) mass is 252 g/mol. The zero-order valence-corrected chi connectivity index (χ0v) is 10.8. The molecule has 100 valence electrons. The Hall–Kier alpha value is -1.40. The van der Waals surface area contributed by atoms with Crippen LogP contribution in [0.25, 0.3) is 0 Å². The van der Waals surface area contributed by atoms with Gasteiger partial charge in [-0.3, -0.25) is 9.69 Å². The lowest BCUT2D eigenvalue weighted by molar-refractivity contribution is -0.132. The summed E-state index contributed by atoms with van der Waals surface area (Å²) in [4.78, 5) is 15.8. The number of carbonyl (C=O) groups excluding carboxylic acids is 1. The van der Waals surface area contributed by atoms with Crippen LogP contribution in [0.5, 0.6) is 0 Å². The third-order valence-electron chi connectivity index (χ3n) is 3.14. The van der Waals surface area contributed by atoms with Crippen LogP contribution in [0.15, 0.2) is 10.6 Å². The molecule has 2 rings (SSSR count). The van der Waals surface area contributed by atoms with E-state index in [1.165, 1.54) is 0 Å². The number of aryl methyl sites for hydroxylation is 1. The van der Waals surface area contributed by atoms with E-state index in [2.05, 4.69) is 10.1 Å². The van der Waals surface area contributed by atoms with E-state index >= 15 is 0 Å².